The molecule has 0 spiro atoms. The molecule has 1 aromatic rings. The summed E-state index contributed by atoms with van der Waals surface area (Å²) in [5.74, 6) is 0.246. The van der Waals surface area contributed by atoms with Crippen molar-refractivity contribution in [1.29, 1.82) is 0 Å². The summed E-state index contributed by atoms with van der Waals surface area (Å²) in [7, 11) is 0. The van der Waals surface area contributed by atoms with Gasteiger partial charge in [0.15, 0.2) is 5.96 Å². The van der Waals surface area contributed by atoms with Crippen LogP contribution in [0.5, 0.6) is 0 Å². The molecule has 2 rings (SSSR count). The van der Waals surface area contributed by atoms with Crippen molar-refractivity contribution in [3.63, 3.8) is 0 Å². The lowest BCUT2D eigenvalue weighted by Crippen LogP contribution is -2.38. The molecule has 1 aliphatic carbocycles. The number of anilines is 1. The summed E-state index contributed by atoms with van der Waals surface area (Å²) in [6.07, 6.45) is 7.67. The summed E-state index contributed by atoms with van der Waals surface area (Å²) >= 11 is 0. The summed E-state index contributed by atoms with van der Waals surface area (Å²) < 4.78 is 0. The van der Waals surface area contributed by atoms with Crippen LogP contribution in [0.4, 0.5) is 5.69 Å². The Morgan fingerprint density at radius 2 is 1.79 bits per heavy atom. The molecule has 1 aromatic carbocycles. The van der Waals surface area contributed by atoms with Crippen LogP contribution >= 0.6 is 0 Å². The molecule has 0 bridgehead atoms. The average molecular weight is 330 g/mol. The van der Waals surface area contributed by atoms with Crippen LogP contribution in [0.3, 0.4) is 0 Å². The molecule has 1 aliphatic rings. The molecule has 132 valence electrons. The highest BCUT2D eigenvalue weighted by molar-refractivity contribution is 5.95. The van der Waals surface area contributed by atoms with Crippen molar-refractivity contribution >= 4 is 17.6 Å². The van der Waals surface area contributed by atoms with Crippen LogP contribution < -0.4 is 16.4 Å². The third-order valence-electron chi connectivity index (χ3n) is 4.62. The summed E-state index contributed by atoms with van der Waals surface area (Å²) in [6, 6.07) is 6.55. The monoisotopic (exact) mass is 330 g/mol. The number of nitrogens with zero attached hydrogens (tertiary/aromatic N) is 1. The fraction of sp³-hybridized carbons (Fsp3) is 0.579. The van der Waals surface area contributed by atoms with Crippen molar-refractivity contribution in [2.24, 2.45) is 10.7 Å². The van der Waals surface area contributed by atoms with Crippen LogP contribution in [0.1, 0.15) is 57.1 Å². The predicted octanol–water partition coefficient (Wildman–Crippen LogP) is 2.99. The topological polar surface area (TPSA) is 79.5 Å². The first kappa shape index (κ1) is 18.3. The van der Waals surface area contributed by atoms with Gasteiger partial charge in [-0.15, -0.1) is 0 Å². The number of nitrogens with one attached hydrogen (secondary N) is 2. The minimum Gasteiger partial charge on any atom is -0.370 e. The van der Waals surface area contributed by atoms with Crippen molar-refractivity contribution in [3.8, 4) is 0 Å². The second kappa shape index (κ2) is 9.30. The second-order valence-corrected chi connectivity index (χ2v) is 6.39. The molecular formula is C19H30N4O. The van der Waals surface area contributed by atoms with E-state index in [1.54, 1.807) is 0 Å². The fourth-order valence-corrected chi connectivity index (χ4v) is 3.25. The van der Waals surface area contributed by atoms with Crippen LogP contribution in [0.15, 0.2) is 23.2 Å². The maximum Gasteiger partial charge on any atom is 0.242 e. The Kier molecular flexibility index (Phi) is 7.09. The molecule has 0 unspecified atom stereocenters. The van der Waals surface area contributed by atoms with Crippen LogP contribution in [-0.4, -0.2) is 24.5 Å². The smallest absolute Gasteiger partial charge is 0.242 e. The summed E-state index contributed by atoms with van der Waals surface area (Å²) in [4.78, 5) is 16.2. The van der Waals surface area contributed by atoms with Crippen LogP contribution in [0, 0.1) is 0 Å². The van der Waals surface area contributed by atoms with Gasteiger partial charge in [-0.05, 0) is 36.8 Å². The number of aliphatic imine (C=N–C) groups is 1. The highest BCUT2D eigenvalue weighted by Crippen LogP contribution is 2.22. The minimum atomic E-state index is -0.0499. The van der Waals surface area contributed by atoms with Gasteiger partial charge in [0.25, 0.3) is 0 Å². The normalized spacial score (nSPS) is 16.0. The highest BCUT2D eigenvalue weighted by atomic mass is 16.1. The molecule has 4 N–H and O–H groups in total. The molecule has 1 fully saturated rings. The first-order chi connectivity index (χ1) is 11.6. The van der Waals surface area contributed by atoms with Crippen LogP contribution in [0.2, 0.25) is 0 Å². The average Bonchev–Trinajstić information content (AvgIpc) is 2.61. The molecule has 5 nitrogen and oxygen atoms in total. The van der Waals surface area contributed by atoms with Crippen molar-refractivity contribution in [2.75, 3.05) is 11.9 Å². The van der Waals surface area contributed by atoms with Gasteiger partial charge in [-0.25, -0.2) is 4.99 Å². The first-order valence-corrected chi connectivity index (χ1v) is 9.11. The van der Waals surface area contributed by atoms with Crippen molar-refractivity contribution in [3.05, 3.63) is 29.3 Å². The number of aryl methyl sites for hydroxylation is 2. The van der Waals surface area contributed by atoms with E-state index in [1.165, 1.54) is 30.4 Å². The van der Waals surface area contributed by atoms with Gasteiger partial charge in [0.05, 0.1) is 0 Å². The van der Waals surface area contributed by atoms with Gasteiger partial charge in [-0.3, -0.25) is 4.79 Å². The van der Waals surface area contributed by atoms with E-state index in [9.17, 15) is 4.79 Å². The Labute approximate surface area is 145 Å². The molecule has 24 heavy (non-hydrogen) atoms. The second-order valence-electron chi connectivity index (χ2n) is 6.39. The number of hydrogen-bond donors (Lipinski definition) is 3. The molecule has 0 atom stereocenters. The molecule has 0 heterocycles. The third-order valence-corrected chi connectivity index (χ3v) is 4.62. The van der Waals surface area contributed by atoms with Gasteiger partial charge in [0, 0.05) is 11.7 Å². The number of amides is 1. The number of guanidine groups is 1. The number of rotatable bonds is 6. The van der Waals surface area contributed by atoms with E-state index in [2.05, 4.69) is 47.7 Å². The quantitative estimate of drug-likeness (QED) is 0.554. The van der Waals surface area contributed by atoms with Gasteiger partial charge in [-0.2, -0.15) is 0 Å². The first-order valence-electron chi connectivity index (χ1n) is 9.11. The molecule has 5 heteroatoms. The van der Waals surface area contributed by atoms with Crippen molar-refractivity contribution < 1.29 is 4.79 Å². The number of carbonyl (C=O) groups excluding carboxylic acids is 1. The fourth-order valence-electron chi connectivity index (χ4n) is 3.25. The Bertz CT molecular complexity index is 554. The van der Waals surface area contributed by atoms with E-state index in [4.69, 9.17) is 5.73 Å². The van der Waals surface area contributed by atoms with E-state index in [0.29, 0.717) is 12.0 Å². The molecule has 0 aromatic heterocycles. The lowest BCUT2D eigenvalue weighted by Gasteiger charge is -2.22. The summed E-state index contributed by atoms with van der Waals surface area (Å²) in [6.45, 7) is 4.31. The zero-order chi connectivity index (χ0) is 17.4. The van der Waals surface area contributed by atoms with Gasteiger partial charge in [-0.1, -0.05) is 51.3 Å². The highest BCUT2D eigenvalue weighted by Gasteiger charge is 2.15. The number of nitrogens with two attached hydrogens (primary N) is 1. The Balaban J connectivity index is 1.93. The summed E-state index contributed by atoms with van der Waals surface area (Å²) in [5, 5.41) is 6.24. The minimum absolute atomic E-state index is 0.0499. The van der Waals surface area contributed by atoms with E-state index >= 15 is 0 Å². The number of carbonyl (C=O) groups is 1. The standard InChI is InChI=1S/C19H30N4O/c1-3-14-9-8-10-15(4-2)18(14)23-19(20)21-13-17(24)22-16-11-6-5-7-12-16/h8-10,16H,3-7,11-13H2,1-2H3,(H,22,24)(H3,20,21,23). The van der Waals surface area contributed by atoms with Gasteiger partial charge < -0.3 is 16.4 Å². The maximum atomic E-state index is 12.0. The Morgan fingerprint density at radius 1 is 1.17 bits per heavy atom. The SMILES string of the molecule is CCc1cccc(CC)c1NC(N)=NCC(=O)NC1CCCCC1. The van der Waals surface area contributed by atoms with Crippen molar-refractivity contribution in [1.82, 2.24) is 5.32 Å². The number of para-hydroxylation sites is 1. The lowest BCUT2D eigenvalue weighted by atomic mass is 9.95. The van der Waals surface area contributed by atoms with Crippen molar-refractivity contribution in [2.45, 2.75) is 64.8 Å². The Hall–Kier alpha value is -2.04. The third kappa shape index (κ3) is 5.25. The van der Waals surface area contributed by atoms with E-state index in [-0.39, 0.29) is 12.5 Å². The molecular weight excluding hydrogens is 300 g/mol. The van der Waals surface area contributed by atoms with Crippen LogP contribution in [-0.2, 0) is 17.6 Å². The number of benzene rings is 1. The van der Waals surface area contributed by atoms with Gasteiger partial charge in [0.2, 0.25) is 5.91 Å². The van der Waals surface area contributed by atoms with E-state index in [1.807, 2.05) is 0 Å². The maximum absolute atomic E-state index is 12.0. The summed E-state index contributed by atoms with van der Waals surface area (Å²) in [5.41, 5.74) is 9.43. The molecule has 0 saturated heterocycles. The molecule has 1 amide bonds. The zero-order valence-electron chi connectivity index (χ0n) is 14.9. The Morgan fingerprint density at radius 3 is 2.38 bits per heavy atom. The molecule has 0 aliphatic heterocycles. The van der Waals surface area contributed by atoms with E-state index < -0.39 is 0 Å². The largest absolute Gasteiger partial charge is 0.370 e. The molecule has 1 saturated carbocycles. The van der Waals surface area contributed by atoms with Gasteiger partial charge in [0.1, 0.15) is 6.54 Å². The number of hydrogen-bond acceptors (Lipinski definition) is 2. The zero-order valence-corrected chi connectivity index (χ0v) is 14.9. The molecule has 0 radical (unpaired) electrons. The van der Waals surface area contributed by atoms with E-state index in [0.717, 1.165) is 31.4 Å². The lowest BCUT2D eigenvalue weighted by molar-refractivity contribution is -0.120. The predicted molar refractivity (Wildman–Crippen MR) is 100 cm³/mol. The van der Waals surface area contributed by atoms with Crippen LogP contribution in [0.25, 0.3) is 0 Å². The van der Waals surface area contributed by atoms with Gasteiger partial charge >= 0.3 is 0 Å².